The Bertz CT molecular complexity index is 1060. The van der Waals surface area contributed by atoms with Gasteiger partial charge in [-0.15, -0.1) is 0 Å². The van der Waals surface area contributed by atoms with Gasteiger partial charge in [0.2, 0.25) is 5.69 Å². The van der Waals surface area contributed by atoms with Gasteiger partial charge in [0, 0.05) is 13.0 Å². The van der Waals surface area contributed by atoms with Crippen molar-refractivity contribution in [3.63, 3.8) is 0 Å². The van der Waals surface area contributed by atoms with Gasteiger partial charge in [-0.1, -0.05) is 30.3 Å². The molecule has 1 heteroatoms. The topological polar surface area (TPSA) is 3.88 Å². The number of rotatable bonds is 0. The third-order valence-electron chi connectivity index (χ3n) is 6.60. The quantitative estimate of drug-likeness (QED) is 0.408. The van der Waals surface area contributed by atoms with Crippen LogP contribution in [0.2, 0.25) is 0 Å². The Morgan fingerprint density at radius 1 is 0.875 bits per heavy atom. The molecule has 0 radical (unpaired) electrons. The van der Waals surface area contributed by atoms with Crippen LogP contribution in [0.3, 0.4) is 0 Å². The first-order valence-corrected chi connectivity index (χ1v) is 8.72. The highest BCUT2D eigenvalue weighted by Crippen LogP contribution is 2.54. The molecule has 0 bridgehead atoms. The lowest BCUT2D eigenvalue weighted by atomic mass is 9.56. The Balaban J connectivity index is 2.01. The molecule has 1 aliphatic heterocycles. The second kappa shape index (κ2) is 4.16. The molecule has 0 fully saturated rings. The zero-order chi connectivity index (χ0) is 16.7. The van der Waals surface area contributed by atoms with Gasteiger partial charge in [-0.2, -0.15) is 4.57 Å². The van der Waals surface area contributed by atoms with Crippen molar-refractivity contribution in [1.82, 2.24) is 0 Å². The fourth-order valence-corrected chi connectivity index (χ4v) is 4.59. The van der Waals surface area contributed by atoms with E-state index < -0.39 is 0 Å². The van der Waals surface area contributed by atoms with Crippen LogP contribution in [0.4, 0.5) is 0 Å². The average molecular weight is 312 g/mol. The molecule has 0 N–H and O–H groups in total. The third kappa shape index (κ3) is 1.40. The molecular weight excluding hydrogens is 290 g/mol. The number of nitrogens with zero attached hydrogens (tertiary/aromatic N) is 1. The zero-order valence-corrected chi connectivity index (χ0v) is 14.7. The molecule has 1 nitrogen and oxygen atoms in total. The average Bonchev–Trinajstić information content (AvgIpc) is 2.59. The van der Waals surface area contributed by atoms with Crippen molar-refractivity contribution < 1.29 is 4.57 Å². The first kappa shape index (κ1) is 14.0. The van der Waals surface area contributed by atoms with Crippen molar-refractivity contribution in [3.8, 4) is 11.3 Å². The number of hydrogen-bond acceptors (Lipinski definition) is 0. The Morgan fingerprint density at radius 2 is 1.62 bits per heavy atom. The lowest BCUT2D eigenvalue weighted by molar-refractivity contribution is -0.753. The molecule has 0 spiro atoms. The Morgan fingerprint density at radius 3 is 2.38 bits per heavy atom. The summed E-state index contributed by atoms with van der Waals surface area (Å²) >= 11 is 0. The fraction of sp³-hybridized carbons (Fsp3) is 0.261. The van der Waals surface area contributed by atoms with Gasteiger partial charge in [-0.05, 0) is 61.1 Å². The molecule has 2 aliphatic rings. The minimum absolute atomic E-state index is 0.00105. The van der Waals surface area contributed by atoms with Gasteiger partial charge < -0.3 is 0 Å². The first-order chi connectivity index (χ1) is 11.5. The molecule has 5 rings (SSSR count). The number of aryl methyl sites for hydroxylation is 2. The molecule has 0 saturated carbocycles. The van der Waals surface area contributed by atoms with Gasteiger partial charge in [0.05, 0.1) is 16.4 Å². The van der Waals surface area contributed by atoms with Crippen LogP contribution in [0.5, 0.6) is 0 Å². The molecule has 3 aromatic rings. The SMILES string of the molecule is Cc1cc2c(cc1C)C1(C)C=CC1(C)[n+]1ccc3ccccc3c1-2. The van der Waals surface area contributed by atoms with Gasteiger partial charge in [-0.25, -0.2) is 0 Å². The van der Waals surface area contributed by atoms with E-state index in [9.17, 15) is 0 Å². The van der Waals surface area contributed by atoms with Crippen LogP contribution in [0.1, 0.15) is 30.5 Å². The highest BCUT2D eigenvalue weighted by atomic mass is 15.1. The van der Waals surface area contributed by atoms with Crippen LogP contribution >= 0.6 is 0 Å². The minimum atomic E-state index is 0.00105. The largest absolute Gasteiger partial charge is 0.221 e. The Hall–Kier alpha value is -2.41. The van der Waals surface area contributed by atoms with Crippen LogP contribution in [0, 0.1) is 13.8 Å². The van der Waals surface area contributed by atoms with Gasteiger partial charge in [-0.3, -0.25) is 0 Å². The molecule has 2 aromatic carbocycles. The molecule has 2 atom stereocenters. The molecule has 2 heterocycles. The van der Waals surface area contributed by atoms with Crippen LogP contribution in [0.25, 0.3) is 22.0 Å². The maximum absolute atomic E-state index is 2.49. The second-order valence-corrected chi connectivity index (χ2v) is 7.79. The molecule has 24 heavy (non-hydrogen) atoms. The fourth-order valence-electron chi connectivity index (χ4n) is 4.59. The van der Waals surface area contributed by atoms with Crippen LogP contribution in [0.15, 0.2) is 60.8 Å². The summed E-state index contributed by atoms with van der Waals surface area (Å²) in [6.45, 7) is 9.19. The predicted octanol–water partition coefficient (Wildman–Crippen LogP) is 4.97. The lowest BCUT2D eigenvalue weighted by Gasteiger charge is -2.49. The normalized spacial score (nSPS) is 26.5. The van der Waals surface area contributed by atoms with Crippen LogP contribution in [-0.2, 0) is 11.0 Å². The summed E-state index contributed by atoms with van der Waals surface area (Å²) < 4.78 is 2.49. The molecular formula is C23H22N+. The molecule has 2 unspecified atom stereocenters. The van der Waals surface area contributed by atoms with Crippen molar-refractivity contribution in [2.24, 2.45) is 0 Å². The summed E-state index contributed by atoms with van der Waals surface area (Å²) in [5, 5.41) is 2.65. The van der Waals surface area contributed by atoms with Crippen LogP contribution < -0.4 is 4.57 Å². The molecule has 0 amide bonds. The van der Waals surface area contributed by atoms with Crippen LogP contribution in [-0.4, -0.2) is 0 Å². The minimum Gasteiger partial charge on any atom is -0.188 e. The monoisotopic (exact) mass is 312 g/mol. The van der Waals surface area contributed by atoms with Gasteiger partial charge in [0.25, 0.3) is 0 Å². The summed E-state index contributed by atoms with van der Waals surface area (Å²) in [4.78, 5) is 0. The van der Waals surface area contributed by atoms with Gasteiger partial charge in [0.15, 0.2) is 11.7 Å². The van der Waals surface area contributed by atoms with Gasteiger partial charge >= 0.3 is 0 Å². The van der Waals surface area contributed by atoms with E-state index in [2.05, 4.69) is 93.1 Å². The summed E-state index contributed by atoms with van der Waals surface area (Å²) in [6.07, 6.45) is 7.02. The zero-order valence-electron chi connectivity index (χ0n) is 14.7. The highest BCUT2D eigenvalue weighted by molar-refractivity contribution is 5.94. The summed E-state index contributed by atoms with van der Waals surface area (Å²) in [6, 6.07) is 15.8. The maximum Gasteiger partial charge on any atom is 0.221 e. The van der Waals surface area contributed by atoms with Crippen molar-refractivity contribution in [2.45, 2.75) is 38.6 Å². The van der Waals surface area contributed by atoms with E-state index in [1.54, 1.807) is 0 Å². The highest BCUT2D eigenvalue weighted by Gasteiger charge is 2.61. The number of aromatic nitrogens is 1. The van der Waals surface area contributed by atoms with E-state index in [0.29, 0.717) is 0 Å². The number of allylic oxidation sites excluding steroid dienone is 2. The van der Waals surface area contributed by atoms with E-state index >= 15 is 0 Å². The summed E-state index contributed by atoms with van der Waals surface area (Å²) in [5.41, 5.74) is 7.01. The van der Waals surface area contributed by atoms with E-state index in [4.69, 9.17) is 0 Å². The van der Waals surface area contributed by atoms with Gasteiger partial charge in [0.1, 0.15) is 0 Å². The predicted molar refractivity (Wildman–Crippen MR) is 99.2 cm³/mol. The molecule has 1 aliphatic carbocycles. The maximum atomic E-state index is 2.49. The third-order valence-corrected chi connectivity index (χ3v) is 6.60. The van der Waals surface area contributed by atoms with Crippen molar-refractivity contribution in [3.05, 3.63) is 77.5 Å². The molecule has 0 saturated heterocycles. The first-order valence-electron chi connectivity index (χ1n) is 8.72. The van der Waals surface area contributed by atoms with E-state index in [0.717, 1.165) is 0 Å². The van der Waals surface area contributed by atoms with E-state index in [-0.39, 0.29) is 11.0 Å². The number of benzene rings is 2. The Labute approximate surface area is 143 Å². The number of pyridine rings is 1. The van der Waals surface area contributed by atoms with E-state index in [1.165, 1.54) is 38.7 Å². The smallest absolute Gasteiger partial charge is 0.188 e. The molecule has 1 aromatic heterocycles. The Kier molecular flexibility index (Phi) is 2.42. The summed E-state index contributed by atoms with van der Waals surface area (Å²) in [7, 11) is 0. The summed E-state index contributed by atoms with van der Waals surface area (Å²) in [5.74, 6) is 0. The number of fused-ring (bicyclic) bond motifs is 8. The lowest BCUT2D eigenvalue weighted by Crippen LogP contribution is -2.70. The molecule has 118 valence electrons. The number of hydrogen-bond donors (Lipinski definition) is 0. The van der Waals surface area contributed by atoms with Crippen molar-refractivity contribution >= 4 is 10.8 Å². The standard InChI is InChI=1S/C23H22N/c1-15-13-19-20(14-16(15)2)22(3)10-11-23(22,4)24-12-9-17-7-5-6-8-18(17)21(19)24/h5-14H,1-4H3/q+1. The second-order valence-electron chi connectivity index (χ2n) is 7.79. The van der Waals surface area contributed by atoms with E-state index in [1.807, 2.05) is 0 Å². The van der Waals surface area contributed by atoms with Crippen molar-refractivity contribution in [1.29, 1.82) is 0 Å². The van der Waals surface area contributed by atoms with Crippen molar-refractivity contribution in [2.75, 3.05) is 0 Å².